The fourth-order valence-corrected chi connectivity index (χ4v) is 1.56. The Bertz CT molecular complexity index is 458. The molecule has 0 spiro atoms. The Labute approximate surface area is 97.7 Å². The fraction of sp³-hybridized carbons (Fsp3) is 0.200. The molecule has 4 N–H and O–H groups in total. The molecular weight excluding hydrogens is 228 g/mol. The molecule has 0 saturated carbocycles. The number of carbonyl (C=O) groups is 1. The first-order valence-corrected chi connectivity index (χ1v) is 5.30. The van der Waals surface area contributed by atoms with E-state index in [4.69, 9.17) is 17.3 Å². The zero-order valence-electron chi connectivity index (χ0n) is 8.46. The molecule has 2 rings (SSSR count). The molecule has 84 valence electrons. The minimum absolute atomic E-state index is 0.184. The van der Waals surface area contributed by atoms with Crippen molar-refractivity contribution in [2.75, 3.05) is 11.2 Å². The predicted molar refractivity (Wildman–Crippen MR) is 64.3 cm³/mol. The first-order valence-electron chi connectivity index (χ1n) is 4.76. The average molecular weight is 239 g/mol. The number of benzene rings is 1. The Hall–Kier alpha value is -1.75. The number of fused-ring (bicyclic) bond motifs is 1. The summed E-state index contributed by atoms with van der Waals surface area (Å²) >= 11 is 5.57. The minimum Gasteiger partial charge on any atom is -0.386 e. The van der Waals surface area contributed by atoms with E-state index in [2.05, 4.69) is 15.6 Å². The smallest absolute Gasteiger partial charge is 0.319 e. The van der Waals surface area contributed by atoms with Crippen LogP contribution in [0.4, 0.5) is 16.2 Å². The number of alkyl halides is 1. The Balaban J connectivity index is 2.41. The highest BCUT2D eigenvalue weighted by atomic mass is 35.5. The van der Waals surface area contributed by atoms with Gasteiger partial charge in [-0.1, -0.05) is 6.07 Å². The van der Waals surface area contributed by atoms with Gasteiger partial charge in [0.2, 0.25) is 0 Å². The van der Waals surface area contributed by atoms with Crippen molar-refractivity contribution in [3.05, 3.63) is 23.8 Å². The number of hydrogen-bond acceptors (Lipinski definition) is 2. The number of carbonyl (C=O) groups excluding carboxylic acids is 1. The van der Waals surface area contributed by atoms with Crippen LogP contribution in [-0.4, -0.2) is 17.7 Å². The van der Waals surface area contributed by atoms with Gasteiger partial charge in [0, 0.05) is 17.8 Å². The van der Waals surface area contributed by atoms with E-state index in [9.17, 15) is 4.79 Å². The number of nitrogens with one attached hydrogen (secondary N) is 2. The van der Waals surface area contributed by atoms with Crippen molar-refractivity contribution in [1.82, 2.24) is 5.32 Å². The molecule has 1 aromatic carbocycles. The molecule has 0 atom stereocenters. The maximum atomic E-state index is 11.1. The Morgan fingerprint density at radius 3 is 3.12 bits per heavy atom. The first kappa shape index (κ1) is 10.8. The molecule has 0 aromatic heterocycles. The molecule has 1 aliphatic heterocycles. The summed E-state index contributed by atoms with van der Waals surface area (Å²) in [5.41, 5.74) is 7.97. The van der Waals surface area contributed by atoms with E-state index >= 15 is 0 Å². The van der Waals surface area contributed by atoms with Gasteiger partial charge in [0.05, 0.1) is 11.6 Å². The number of amides is 2. The maximum Gasteiger partial charge on any atom is 0.319 e. The lowest BCUT2D eigenvalue weighted by Crippen LogP contribution is -2.33. The maximum absolute atomic E-state index is 11.1. The third-order valence-corrected chi connectivity index (χ3v) is 2.50. The van der Waals surface area contributed by atoms with Crippen LogP contribution in [0.15, 0.2) is 23.2 Å². The summed E-state index contributed by atoms with van der Waals surface area (Å²) in [4.78, 5) is 15.3. The SMILES string of the molecule is NC(CCl)=Nc1cccc2c1CNC(=O)N2. The minimum atomic E-state index is -0.209. The van der Waals surface area contributed by atoms with Crippen LogP contribution in [0.5, 0.6) is 0 Å². The van der Waals surface area contributed by atoms with E-state index in [1.807, 2.05) is 18.2 Å². The number of aliphatic imine (C=N–C) groups is 1. The number of nitrogens with two attached hydrogens (primary N) is 1. The van der Waals surface area contributed by atoms with Crippen LogP contribution in [0.25, 0.3) is 0 Å². The Morgan fingerprint density at radius 2 is 2.38 bits per heavy atom. The van der Waals surface area contributed by atoms with Gasteiger partial charge in [-0.3, -0.25) is 0 Å². The highest BCUT2D eigenvalue weighted by Gasteiger charge is 2.16. The molecule has 1 heterocycles. The molecule has 0 bridgehead atoms. The standard InChI is InChI=1S/C10H11ClN4O/c11-4-9(12)14-7-2-1-3-8-6(7)5-13-10(16)15-8/h1-3H,4-5H2,(H2,12,14)(H2,13,15,16). The number of amidine groups is 1. The monoisotopic (exact) mass is 238 g/mol. The second-order valence-corrected chi connectivity index (χ2v) is 3.61. The van der Waals surface area contributed by atoms with Crippen molar-refractivity contribution >= 4 is 34.8 Å². The van der Waals surface area contributed by atoms with Gasteiger partial charge in [-0.15, -0.1) is 11.6 Å². The summed E-state index contributed by atoms with van der Waals surface area (Å²) in [6.45, 7) is 0.441. The van der Waals surface area contributed by atoms with Crippen molar-refractivity contribution < 1.29 is 4.79 Å². The highest BCUT2D eigenvalue weighted by Crippen LogP contribution is 2.28. The zero-order chi connectivity index (χ0) is 11.5. The molecule has 2 amide bonds. The normalized spacial score (nSPS) is 15.1. The Morgan fingerprint density at radius 1 is 1.56 bits per heavy atom. The van der Waals surface area contributed by atoms with Crippen molar-refractivity contribution in [2.45, 2.75) is 6.54 Å². The Kier molecular flexibility index (Phi) is 2.96. The fourth-order valence-electron chi connectivity index (χ4n) is 1.50. The number of halogens is 1. The third-order valence-electron chi connectivity index (χ3n) is 2.23. The lowest BCUT2D eigenvalue weighted by atomic mass is 10.1. The summed E-state index contributed by atoms with van der Waals surface area (Å²) in [5, 5.41) is 5.38. The van der Waals surface area contributed by atoms with Crippen molar-refractivity contribution in [1.29, 1.82) is 0 Å². The van der Waals surface area contributed by atoms with Crippen LogP contribution >= 0.6 is 11.6 Å². The molecule has 6 heteroatoms. The molecule has 0 unspecified atom stereocenters. The summed E-state index contributed by atoms with van der Waals surface area (Å²) in [6, 6.07) is 5.26. The topological polar surface area (TPSA) is 79.5 Å². The summed E-state index contributed by atoms with van der Waals surface area (Å²) in [5.74, 6) is 0.538. The van der Waals surface area contributed by atoms with E-state index < -0.39 is 0 Å². The van der Waals surface area contributed by atoms with Gasteiger partial charge in [-0.05, 0) is 12.1 Å². The lowest BCUT2D eigenvalue weighted by molar-refractivity contribution is 0.251. The van der Waals surface area contributed by atoms with Crippen molar-refractivity contribution in [3.63, 3.8) is 0 Å². The molecule has 0 fully saturated rings. The molecule has 0 aliphatic carbocycles. The first-order chi connectivity index (χ1) is 7.70. The summed E-state index contributed by atoms with van der Waals surface area (Å²) < 4.78 is 0. The van der Waals surface area contributed by atoms with E-state index in [0.29, 0.717) is 12.4 Å². The van der Waals surface area contributed by atoms with Crippen molar-refractivity contribution in [3.8, 4) is 0 Å². The van der Waals surface area contributed by atoms with Gasteiger partial charge in [-0.2, -0.15) is 0 Å². The van der Waals surface area contributed by atoms with Crippen LogP contribution in [0, 0.1) is 0 Å². The molecule has 0 saturated heterocycles. The van der Waals surface area contributed by atoms with Gasteiger partial charge in [0.15, 0.2) is 0 Å². The van der Waals surface area contributed by atoms with Crippen LogP contribution in [0.3, 0.4) is 0 Å². The van der Waals surface area contributed by atoms with Gasteiger partial charge >= 0.3 is 6.03 Å². The second kappa shape index (κ2) is 4.40. The second-order valence-electron chi connectivity index (χ2n) is 3.35. The summed E-state index contributed by atoms with van der Waals surface area (Å²) in [6.07, 6.45) is 0. The van der Waals surface area contributed by atoms with Crippen molar-refractivity contribution in [2.24, 2.45) is 10.7 Å². The number of anilines is 1. The molecule has 1 aromatic rings. The van der Waals surface area contributed by atoms with E-state index in [1.54, 1.807) is 0 Å². The number of urea groups is 1. The number of nitrogens with zero attached hydrogens (tertiary/aromatic N) is 1. The third kappa shape index (κ3) is 2.09. The molecule has 0 radical (unpaired) electrons. The lowest BCUT2D eigenvalue weighted by Gasteiger charge is -2.19. The molecule has 16 heavy (non-hydrogen) atoms. The van der Waals surface area contributed by atoms with Gasteiger partial charge in [-0.25, -0.2) is 9.79 Å². The number of rotatable bonds is 2. The highest BCUT2D eigenvalue weighted by molar-refractivity contribution is 6.28. The van der Waals surface area contributed by atoms with Crippen LogP contribution in [-0.2, 0) is 6.54 Å². The van der Waals surface area contributed by atoms with Crippen LogP contribution < -0.4 is 16.4 Å². The van der Waals surface area contributed by atoms with E-state index in [0.717, 1.165) is 16.9 Å². The van der Waals surface area contributed by atoms with Crippen LogP contribution in [0.1, 0.15) is 5.56 Å². The molecule has 5 nitrogen and oxygen atoms in total. The van der Waals surface area contributed by atoms with Gasteiger partial charge in [0.1, 0.15) is 5.84 Å². The summed E-state index contributed by atoms with van der Waals surface area (Å²) in [7, 11) is 0. The quantitative estimate of drug-likeness (QED) is 0.415. The molecule has 1 aliphatic rings. The van der Waals surface area contributed by atoms with Gasteiger partial charge < -0.3 is 16.4 Å². The van der Waals surface area contributed by atoms with Crippen LogP contribution in [0.2, 0.25) is 0 Å². The average Bonchev–Trinajstić information content (AvgIpc) is 2.28. The van der Waals surface area contributed by atoms with E-state index in [-0.39, 0.29) is 11.9 Å². The largest absolute Gasteiger partial charge is 0.386 e. The number of hydrogen-bond donors (Lipinski definition) is 3. The predicted octanol–water partition coefficient (Wildman–Crippen LogP) is 1.55. The molecular formula is C10H11ClN4O. The zero-order valence-corrected chi connectivity index (χ0v) is 9.21. The van der Waals surface area contributed by atoms with E-state index in [1.165, 1.54) is 0 Å². The van der Waals surface area contributed by atoms with Gasteiger partial charge in [0.25, 0.3) is 0 Å².